The molecule has 19 heavy (non-hydrogen) atoms. The molecule has 0 saturated carbocycles. The van der Waals surface area contributed by atoms with E-state index < -0.39 is 5.91 Å². The minimum Gasteiger partial charge on any atom is -0.369 e. The number of carbonyl (C=O) groups is 2. The van der Waals surface area contributed by atoms with Crippen LogP contribution in [-0.2, 0) is 9.59 Å². The lowest BCUT2D eigenvalue weighted by Crippen LogP contribution is -2.28. The number of nitrogens with zero attached hydrogens (tertiary/aromatic N) is 1. The zero-order valence-electron chi connectivity index (χ0n) is 11.1. The van der Waals surface area contributed by atoms with Crippen LogP contribution in [0.15, 0.2) is 29.2 Å². The Hall–Kier alpha value is -1.49. The van der Waals surface area contributed by atoms with E-state index in [0.29, 0.717) is 11.8 Å². The minimum atomic E-state index is -0.398. The predicted molar refractivity (Wildman–Crippen MR) is 77.1 cm³/mol. The molecule has 0 aromatic heterocycles. The number of thioether (sulfide) groups is 1. The van der Waals surface area contributed by atoms with Crippen LogP contribution in [0.25, 0.3) is 0 Å². The molecule has 1 aromatic carbocycles. The van der Waals surface area contributed by atoms with Crippen LogP contribution in [0.2, 0.25) is 0 Å². The fourth-order valence-corrected chi connectivity index (χ4v) is 3.13. The number of hydrogen-bond acceptors (Lipinski definition) is 3. The number of benzene rings is 1. The Bertz CT molecular complexity index is 502. The number of hydrogen-bond donors (Lipinski definition) is 1. The van der Waals surface area contributed by atoms with E-state index in [1.807, 2.05) is 24.3 Å². The first-order chi connectivity index (χ1) is 8.99. The summed E-state index contributed by atoms with van der Waals surface area (Å²) in [6, 6.07) is 7.79. The van der Waals surface area contributed by atoms with Gasteiger partial charge in [0.15, 0.2) is 0 Å². The van der Waals surface area contributed by atoms with Crippen molar-refractivity contribution in [1.29, 1.82) is 0 Å². The molecule has 1 aliphatic rings. The SMILES string of the molecule is CC(C)Sc1ccccc1N1CC(C(N)=O)CC1=O. The van der Waals surface area contributed by atoms with Gasteiger partial charge in [-0.3, -0.25) is 9.59 Å². The van der Waals surface area contributed by atoms with Gasteiger partial charge in [-0.05, 0) is 12.1 Å². The Morgan fingerprint density at radius 3 is 2.68 bits per heavy atom. The van der Waals surface area contributed by atoms with E-state index in [-0.39, 0.29) is 18.2 Å². The number of primary amides is 1. The lowest BCUT2D eigenvalue weighted by molar-refractivity contribution is -0.123. The molecule has 0 spiro atoms. The smallest absolute Gasteiger partial charge is 0.227 e. The number of nitrogens with two attached hydrogens (primary N) is 1. The van der Waals surface area contributed by atoms with Gasteiger partial charge in [0.05, 0.1) is 11.6 Å². The van der Waals surface area contributed by atoms with Crippen molar-refractivity contribution in [3.63, 3.8) is 0 Å². The van der Waals surface area contributed by atoms with Gasteiger partial charge in [0.25, 0.3) is 0 Å². The van der Waals surface area contributed by atoms with Crippen molar-refractivity contribution in [2.75, 3.05) is 11.4 Å². The molecule has 2 amide bonds. The molecule has 5 heteroatoms. The van der Waals surface area contributed by atoms with Crippen molar-refractivity contribution in [2.45, 2.75) is 30.4 Å². The number of carbonyl (C=O) groups excluding carboxylic acids is 2. The number of rotatable bonds is 4. The quantitative estimate of drug-likeness (QED) is 0.857. The summed E-state index contributed by atoms with van der Waals surface area (Å²) in [6.45, 7) is 4.61. The highest BCUT2D eigenvalue weighted by Crippen LogP contribution is 2.35. The normalized spacial score (nSPS) is 19.2. The number of amides is 2. The van der Waals surface area contributed by atoms with Crippen LogP contribution in [0, 0.1) is 5.92 Å². The average molecular weight is 278 g/mol. The third-order valence-electron chi connectivity index (χ3n) is 3.05. The van der Waals surface area contributed by atoms with Crippen LogP contribution >= 0.6 is 11.8 Å². The monoisotopic (exact) mass is 278 g/mol. The minimum absolute atomic E-state index is 0.0272. The number of para-hydroxylation sites is 1. The van der Waals surface area contributed by atoms with Crippen LogP contribution in [0.5, 0.6) is 0 Å². The highest BCUT2D eigenvalue weighted by Gasteiger charge is 2.34. The van der Waals surface area contributed by atoms with Crippen LogP contribution in [0.1, 0.15) is 20.3 Å². The predicted octanol–water partition coefficient (Wildman–Crippen LogP) is 2.03. The summed E-state index contributed by atoms with van der Waals surface area (Å²) in [7, 11) is 0. The van der Waals surface area contributed by atoms with Gasteiger partial charge in [-0.2, -0.15) is 0 Å². The molecule has 1 unspecified atom stereocenters. The molecule has 1 heterocycles. The summed E-state index contributed by atoms with van der Waals surface area (Å²) in [4.78, 5) is 26.0. The van der Waals surface area contributed by atoms with Gasteiger partial charge in [-0.15, -0.1) is 11.8 Å². The Balaban J connectivity index is 2.27. The molecule has 1 fully saturated rings. The average Bonchev–Trinajstić information content (AvgIpc) is 2.71. The van der Waals surface area contributed by atoms with E-state index in [4.69, 9.17) is 5.73 Å². The molecule has 0 aliphatic carbocycles. The first kappa shape index (κ1) is 13.9. The zero-order chi connectivity index (χ0) is 14.0. The van der Waals surface area contributed by atoms with Crippen molar-refractivity contribution in [2.24, 2.45) is 11.7 Å². The maximum absolute atomic E-state index is 12.0. The van der Waals surface area contributed by atoms with E-state index in [2.05, 4.69) is 13.8 Å². The summed E-state index contributed by atoms with van der Waals surface area (Å²) in [6.07, 6.45) is 0.218. The van der Waals surface area contributed by atoms with Crippen molar-refractivity contribution in [3.8, 4) is 0 Å². The van der Waals surface area contributed by atoms with Gasteiger partial charge < -0.3 is 10.6 Å². The van der Waals surface area contributed by atoms with Gasteiger partial charge in [-0.1, -0.05) is 26.0 Å². The van der Waals surface area contributed by atoms with Crippen LogP contribution in [0.3, 0.4) is 0 Å². The van der Waals surface area contributed by atoms with E-state index in [1.54, 1.807) is 16.7 Å². The van der Waals surface area contributed by atoms with E-state index in [1.165, 1.54) is 0 Å². The first-order valence-electron chi connectivity index (χ1n) is 6.34. The molecule has 0 radical (unpaired) electrons. The lowest BCUT2D eigenvalue weighted by atomic mass is 10.1. The van der Waals surface area contributed by atoms with E-state index >= 15 is 0 Å². The van der Waals surface area contributed by atoms with E-state index in [0.717, 1.165) is 10.6 Å². The van der Waals surface area contributed by atoms with Gasteiger partial charge in [-0.25, -0.2) is 0 Å². The van der Waals surface area contributed by atoms with Crippen molar-refractivity contribution in [1.82, 2.24) is 0 Å². The lowest BCUT2D eigenvalue weighted by Gasteiger charge is -2.20. The fourth-order valence-electron chi connectivity index (χ4n) is 2.16. The van der Waals surface area contributed by atoms with Crippen molar-refractivity contribution < 1.29 is 9.59 Å². The molecule has 1 atom stereocenters. The highest BCUT2D eigenvalue weighted by molar-refractivity contribution is 8.00. The molecule has 1 aromatic rings. The Kier molecular flexibility index (Phi) is 4.14. The van der Waals surface area contributed by atoms with Crippen molar-refractivity contribution >= 4 is 29.3 Å². The first-order valence-corrected chi connectivity index (χ1v) is 7.22. The summed E-state index contributed by atoms with van der Waals surface area (Å²) in [5.41, 5.74) is 6.18. The summed E-state index contributed by atoms with van der Waals surface area (Å²) < 4.78 is 0. The fraction of sp³-hybridized carbons (Fsp3) is 0.429. The van der Waals surface area contributed by atoms with Crippen molar-refractivity contribution in [3.05, 3.63) is 24.3 Å². The number of anilines is 1. The summed E-state index contributed by atoms with van der Waals surface area (Å²) in [5.74, 6) is -0.796. The molecular formula is C14H18N2O2S. The standard InChI is InChI=1S/C14H18N2O2S/c1-9(2)19-12-6-4-3-5-11(12)16-8-10(14(15)18)7-13(16)17/h3-6,9-10H,7-8H2,1-2H3,(H2,15,18). The molecule has 1 aliphatic heterocycles. The molecule has 102 valence electrons. The molecular weight excluding hydrogens is 260 g/mol. The van der Waals surface area contributed by atoms with Crippen LogP contribution in [0.4, 0.5) is 5.69 Å². The van der Waals surface area contributed by atoms with E-state index in [9.17, 15) is 9.59 Å². The molecule has 4 nitrogen and oxygen atoms in total. The maximum Gasteiger partial charge on any atom is 0.227 e. The van der Waals surface area contributed by atoms with Crippen LogP contribution in [-0.4, -0.2) is 23.6 Å². The highest BCUT2D eigenvalue weighted by atomic mass is 32.2. The van der Waals surface area contributed by atoms with Crippen LogP contribution < -0.4 is 10.6 Å². The Labute approximate surface area is 117 Å². The molecule has 1 saturated heterocycles. The maximum atomic E-state index is 12.0. The van der Waals surface area contributed by atoms with Gasteiger partial charge >= 0.3 is 0 Å². The molecule has 2 rings (SSSR count). The molecule has 2 N–H and O–H groups in total. The zero-order valence-corrected chi connectivity index (χ0v) is 11.9. The summed E-state index contributed by atoms with van der Waals surface area (Å²) >= 11 is 1.71. The Morgan fingerprint density at radius 1 is 1.42 bits per heavy atom. The second-order valence-electron chi connectivity index (χ2n) is 4.94. The Morgan fingerprint density at radius 2 is 2.11 bits per heavy atom. The third kappa shape index (κ3) is 3.10. The third-order valence-corrected chi connectivity index (χ3v) is 4.12. The molecule has 0 bridgehead atoms. The topological polar surface area (TPSA) is 63.4 Å². The van der Waals surface area contributed by atoms with Gasteiger partial charge in [0.2, 0.25) is 11.8 Å². The summed E-state index contributed by atoms with van der Waals surface area (Å²) in [5, 5.41) is 0.436. The second-order valence-corrected chi connectivity index (χ2v) is 6.56. The van der Waals surface area contributed by atoms with Gasteiger partial charge in [0, 0.05) is 23.1 Å². The largest absolute Gasteiger partial charge is 0.369 e. The van der Waals surface area contributed by atoms with Gasteiger partial charge in [0.1, 0.15) is 0 Å². The second kappa shape index (κ2) is 5.65.